The number of carboxylic acid groups (broad SMARTS) is 1. The summed E-state index contributed by atoms with van der Waals surface area (Å²) in [6.07, 6.45) is 4.52. The van der Waals surface area contributed by atoms with E-state index in [4.69, 9.17) is 0 Å². The first-order valence-electron chi connectivity index (χ1n) is 6.97. The monoisotopic (exact) mass is 302 g/mol. The topological polar surface area (TPSA) is 82.5 Å². The summed E-state index contributed by atoms with van der Waals surface area (Å²) in [5.74, 6) is -2.55. The van der Waals surface area contributed by atoms with Gasteiger partial charge in [-0.05, 0) is 37.6 Å². The van der Waals surface area contributed by atoms with Gasteiger partial charge in [0.25, 0.3) is 0 Å². The zero-order valence-electron chi connectivity index (χ0n) is 12.2. The predicted molar refractivity (Wildman–Crippen MR) is 78.7 cm³/mol. The summed E-state index contributed by atoms with van der Waals surface area (Å²) in [7, 11) is 0. The van der Waals surface area contributed by atoms with Gasteiger partial charge in [-0.2, -0.15) is 0 Å². The van der Waals surface area contributed by atoms with Gasteiger partial charge in [-0.25, -0.2) is 14.2 Å². The number of nitrogens with zero attached hydrogens (tertiary/aromatic N) is 1. The molecule has 2 unspecified atom stereocenters. The number of rotatable bonds is 3. The van der Waals surface area contributed by atoms with E-state index in [0.29, 0.717) is 29.1 Å². The lowest BCUT2D eigenvalue weighted by Crippen LogP contribution is -2.23. The first-order valence-corrected chi connectivity index (χ1v) is 6.97. The molecule has 5 nitrogen and oxygen atoms in total. The van der Waals surface area contributed by atoms with E-state index in [9.17, 15) is 19.1 Å². The molecule has 2 heterocycles. The van der Waals surface area contributed by atoms with E-state index in [-0.39, 0.29) is 23.2 Å². The number of carbonyl (C=O) groups is 2. The average Bonchev–Trinajstić information content (AvgIpc) is 2.88. The fourth-order valence-corrected chi connectivity index (χ4v) is 3.16. The van der Waals surface area contributed by atoms with Gasteiger partial charge in [-0.3, -0.25) is 4.79 Å². The molecule has 0 spiro atoms. The van der Waals surface area contributed by atoms with Crippen LogP contribution in [0.5, 0.6) is 0 Å². The van der Waals surface area contributed by atoms with Crippen molar-refractivity contribution in [3.63, 3.8) is 0 Å². The number of aromatic nitrogens is 1. The van der Waals surface area contributed by atoms with Crippen LogP contribution in [0.1, 0.15) is 27.3 Å². The molecular weight excluding hydrogens is 287 g/mol. The van der Waals surface area contributed by atoms with E-state index in [1.165, 1.54) is 18.2 Å². The summed E-state index contributed by atoms with van der Waals surface area (Å²) in [4.78, 5) is 30.3. The Morgan fingerprint density at radius 1 is 1.41 bits per heavy atom. The highest BCUT2D eigenvalue weighted by Crippen LogP contribution is 2.33. The number of allylic oxidation sites excluding steroid dienone is 4. The van der Waals surface area contributed by atoms with Gasteiger partial charge in [-0.1, -0.05) is 0 Å². The number of hydrogen-bond donors (Lipinski definition) is 2. The summed E-state index contributed by atoms with van der Waals surface area (Å²) in [5.41, 5.74) is 2.65. The Labute approximate surface area is 126 Å². The number of aromatic amines is 1. The quantitative estimate of drug-likeness (QED) is 0.900. The molecule has 0 bridgehead atoms. The van der Waals surface area contributed by atoms with Crippen LogP contribution in [-0.2, 0) is 11.2 Å². The summed E-state index contributed by atoms with van der Waals surface area (Å²) in [6.45, 7) is 3.39. The molecule has 0 aromatic carbocycles. The first kappa shape index (κ1) is 14.4. The Morgan fingerprint density at radius 3 is 2.77 bits per heavy atom. The van der Waals surface area contributed by atoms with E-state index in [1.807, 2.05) is 0 Å². The predicted octanol–water partition coefficient (Wildman–Crippen LogP) is 2.51. The van der Waals surface area contributed by atoms with Crippen molar-refractivity contribution in [1.29, 1.82) is 0 Å². The van der Waals surface area contributed by atoms with Crippen molar-refractivity contribution >= 4 is 17.6 Å². The lowest BCUT2D eigenvalue weighted by molar-refractivity contribution is -0.121. The van der Waals surface area contributed by atoms with Gasteiger partial charge in [0.1, 0.15) is 5.83 Å². The van der Waals surface area contributed by atoms with Gasteiger partial charge in [0.2, 0.25) is 5.91 Å². The Kier molecular flexibility index (Phi) is 3.31. The van der Waals surface area contributed by atoms with Crippen molar-refractivity contribution in [2.24, 2.45) is 16.8 Å². The Morgan fingerprint density at radius 2 is 2.14 bits per heavy atom. The SMILES string of the molecule is Cc1[nH]c(CC2C(=O)N=C3C=CC(F)=CC32)c(C)c1C(=O)O. The number of amides is 1. The van der Waals surface area contributed by atoms with Crippen molar-refractivity contribution in [1.82, 2.24) is 4.98 Å². The summed E-state index contributed by atoms with van der Waals surface area (Å²) >= 11 is 0. The van der Waals surface area contributed by atoms with Crippen LogP contribution in [0.4, 0.5) is 4.39 Å². The lowest BCUT2D eigenvalue weighted by Gasteiger charge is -2.17. The van der Waals surface area contributed by atoms with Crippen LogP contribution in [0, 0.1) is 25.7 Å². The van der Waals surface area contributed by atoms with Gasteiger partial charge in [0.05, 0.1) is 17.2 Å². The normalized spacial score (nSPS) is 23.3. The highest BCUT2D eigenvalue weighted by Gasteiger charge is 2.38. The van der Waals surface area contributed by atoms with E-state index < -0.39 is 11.9 Å². The number of aryl methyl sites for hydroxylation is 1. The molecular formula is C16H15FN2O3. The number of fused-ring (bicyclic) bond motifs is 1. The van der Waals surface area contributed by atoms with Gasteiger partial charge >= 0.3 is 5.97 Å². The van der Waals surface area contributed by atoms with Gasteiger partial charge < -0.3 is 10.1 Å². The molecule has 1 aromatic heterocycles. The largest absolute Gasteiger partial charge is 0.478 e. The maximum Gasteiger partial charge on any atom is 0.337 e. The van der Waals surface area contributed by atoms with Crippen LogP contribution >= 0.6 is 0 Å². The third-order valence-electron chi connectivity index (χ3n) is 4.26. The number of carboxylic acids is 1. The molecule has 22 heavy (non-hydrogen) atoms. The maximum absolute atomic E-state index is 13.4. The van der Waals surface area contributed by atoms with Crippen LogP contribution in [-0.4, -0.2) is 27.7 Å². The molecule has 2 N–H and O–H groups in total. The second kappa shape index (κ2) is 5.05. The fraction of sp³-hybridized carbons (Fsp3) is 0.312. The zero-order chi connectivity index (χ0) is 16.0. The minimum Gasteiger partial charge on any atom is -0.478 e. The van der Waals surface area contributed by atoms with E-state index in [1.54, 1.807) is 13.8 Å². The van der Waals surface area contributed by atoms with Crippen molar-refractivity contribution in [3.8, 4) is 0 Å². The van der Waals surface area contributed by atoms with Gasteiger partial charge in [0.15, 0.2) is 0 Å². The number of aliphatic imine (C=N–C) groups is 1. The molecule has 2 atom stereocenters. The van der Waals surface area contributed by atoms with Crippen LogP contribution in [0.2, 0.25) is 0 Å². The number of H-pyrrole nitrogens is 1. The molecule has 0 saturated heterocycles. The second-order valence-electron chi connectivity index (χ2n) is 5.63. The van der Waals surface area contributed by atoms with Crippen LogP contribution in [0.25, 0.3) is 0 Å². The highest BCUT2D eigenvalue weighted by molar-refractivity contribution is 6.12. The first-order chi connectivity index (χ1) is 10.4. The third-order valence-corrected chi connectivity index (χ3v) is 4.26. The van der Waals surface area contributed by atoms with Crippen molar-refractivity contribution in [2.45, 2.75) is 20.3 Å². The number of hydrogen-bond acceptors (Lipinski definition) is 2. The standard InChI is InChI=1S/C16H15FN2O3/c1-7-13(18-8(2)14(7)16(21)22)6-11-10-5-9(17)3-4-12(10)19-15(11)20/h3-5,10-11,18H,6H2,1-2H3,(H,21,22). The number of aromatic carboxylic acids is 1. The molecule has 2 aliphatic rings. The maximum atomic E-state index is 13.4. The average molecular weight is 302 g/mol. The molecule has 0 radical (unpaired) electrons. The van der Waals surface area contributed by atoms with Crippen molar-refractivity contribution in [2.75, 3.05) is 0 Å². The molecule has 3 rings (SSSR count). The van der Waals surface area contributed by atoms with Crippen LogP contribution in [0.3, 0.4) is 0 Å². The Hall–Kier alpha value is -2.50. The second-order valence-corrected chi connectivity index (χ2v) is 5.63. The van der Waals surface area contributed by atoms with Crippen LogP contribution < -0.4 is 0 Å². The molecule has 6 heteroatoms. The molecule has 1 amide bonds. The summed E-state index contributed by atoms with van der Waals surface area (Å²) in [5, 5.41) is 9.22. The molecule has 1 aliphatic heterocycles. The minimum absolute atomic E-state index is 0.229. The number of carbonyl (C=O) groups excluding carboxylic acids is 1. The van der Waals surface area contributed by atoms with Gasteiger partial charge in [-0.15, -0.1) is 0 Å². The fourth-order valence-electron chi connectivity index (χ4n) is 3.16. The zero-order valence-corrected chi connectivity index (χ0v) is 12.2. The van der Waals surface area contributed by atoms with E-state index in [2.05, 4.69) is 9.98 Å². The van der Waals surface area contributed by atoms with E-state index in [0.717, 1.165) is 0 Å². The molecule has 1 aliphatic carbocycles. The lowest BCUT2D eigenvalue weighted by atomic mass is 9.84. The third kappa shape index (κ3) is 2.20. The van der Waals surface area contributed by atoms with E-state index >= 15 is 0 Å². The van der Waals surface area contributed by atoms with Crippen LogP contribution in [0.15, 0.2) is 29.0 Å². The highest BCUT2D eigenvalue weighted by atomic mass is 19.1. The smallest absolute Gasteiger partial charge is 0.337 e. The summed E-state index contributed by atoms with van der Waals surface area (Å²) in [6, 6.07) is 0. The van der Waals surface area contributed by atoms with Crippen molar-refractivity contribution in [3.05, 3.63) is 46.6 Å². The summed E-state index contributed by atoms with van der Waals surface area (Å²) < 4.78 is 13.4. The molecule has 0 fully saturated rings. The Balaban J connectivity index is 1.91. The molecule has 0 saturated carbocycles. The Bertz CT molecular complexity index is 771. The number of nitrogens with one attached hydrogen (secondary N) is 1. The minimum atomic E-state index is -1.00. The molecule has 1 aromatic rings. The van der Waals surface area contributed by atoms with Gasteiger partial charge in [0, 0.05) is 23.7 Å². The molecule has 114 valence electrons. The van der Waals surface area contributed by atoms with Crippen molar-refractivity contribution < 1.29 is 19.1 Å². The number of halogens is 1.